The van der Waals surface area contributed by atoms with Crippen molar-refractivity contribution in [2.45, 2.75) is 77.4 Å². The molecule has 3 heterocycles. The van der Waals surface area contributed by atoms with Crippen molar-refractivity contribution in [3.8, 4) is 0 Å². The lowest BCUT2D eigenvalue weighted by molar-refractivity contribution is -0.312. The molecule has 4 unspecified atom stereocenters. The van der Waals surface area contributed by atoms with Crippen LogP contribution in [0.2, 0.25) is 0 Å². The zero-order valence-electron chi connectivity index (χ0n) is 19.3. The summed E-state index contributed by atoms with van der Waals surface area (Å²) in [6, 6.07) is 8.78. The number of fused-ring (bicyclic) bond motifs is 1. The highest BCUT2D eigenvalue weighted by molar-refractivity contribution is 5.89. The second-order valence-electron chi connectivity index (χ2n) is 9.59. The van der Waals surface area contributed by atoms with Gasteiger partial charge in [0, 0.05) is 17.8 Å². The zero-order valence-corrected chi connectivity index (χ0v) is 19.3. The lowest BCUT2D eigenvalue weighted by Crippen LogP contribution is -2.56. The van der Waals surface area contributed by atoms with Gasteiger partial charge in [0.15, 0.2) is 18.4 Å². The number of hydrogen-bond donors (Lipinski definition) is 1. The van der Waals surface area contributed by atoms with Gasteiger partial charge < -0.3 is 33.5 Å². The number of ether oxygens (including phenoxy) is 6. The zero-order chi connectivity index (χ0) is 23.0. The number of rotatable bonds is 5. The summed E-state index contributed by atoms with van der Waals surface area (Å²) in [5.41, 5.74) is 0.467. The van der Waals surface area contributed by atoms with Crippen LogP contribution in [0.1, 0.15) is 45.0 Å². The molecule has 32 heavy (non-hydrogen) atoms. The van der Waals surface area contributed by atoms with Crippen molar-refractivity contribution in [3.05, 3.63) is 35.9 Å². The van der Waals surface area contributed by atoms with Crippen LogP contribution in [0.15, 0.2) is 30.3 Å². The Morgan fingerprint density at radius 2 is 1.78 bits per heavy atom. The molecule has 0 aromatic heterocycles. The van der Waals surface area contributed by atoms with E-state index in [1.807, 2.05) is 33.8 Å². The second-order valence-corrected chi connectivity index (χ2v) is 9.59. The average Bonchev–Trinajstić information content (AvgIpc) is 3.11. The molecular formula is C24H34O8. The lowest BCUT2D eigenvalue weighted by Gasteiger charge is -2.45. The van der Waals surface area contributed by atoms with Crippen LogP contribution in [0, 0.1) is 17.8 Å². The molecule has 0 radical (unpaired) electrons. The fraction of sp³-hybridized carbons (Fsp3) is 0.708. The minimum Gasteiger partial charge on any atom is -0.459 e. The highest BCUT2D eigenvalue weighted by Gasteiger charge is 2.53. The Kier molecular flexibility index (Phi) is 6.91. The largest absolute Gasteiger partial charge is 0.459 e. The molecule has 1 aromatic carbocycles. The first-order valence-corrected chi connectivity index (χ1v) is 11.3. The van der Waals surface area contributed by atoms with E-state index in [1.54, 1.807) is 24.3 Å². The fourth-order valence-electron chi connectivity index (χ4n) is 4.71. The number of benzene rings is 1. The molecule has 8 nitrogen and oxygen atoms in total. The SMILES string of the molecule is CC1C(O)OC(COC(=O)c2ccccc2)[C@@H](C)[C@@H]1O[C@H]1OC[C@@H](C)[C@@H]2OC(C)(C)OC12. The van der Waals surface area contributed by atoms with E-state index in [4.69, 9.17) is 28.4 Å². The van der Waals surface area contributed by atoms with E-state index in [0.29, 0.717) is 12.2 Å². The van der Waals surface area contributed by atoms with Gasteiger partial charge in [0.2, 0.25) is 0 Å². The van der Waals surface area contributed by atoms with Crippen LogP contribution in [-0.4, -0.2) is 67.1 Å². The van der Waals surface area contributed by atoms with Gasteiger partial charge in [-0.15, -0.1) is 0 Å². The van der Waals surface area contributed by atoms with E-state index < -0.39 is 30.4 Å². The number of carbonyl (C=O) groups is 1. The fourth-order valence-corrected chi connectivity index (χ4v) is 4.71. The molecule has 3 fully saturated rings. The van der Waals surface area contributed by atoms with E-state index in [-0.39, 0.29) is 42.7 Å². The molecule has 3 saturated heterocycles. The van der Waals surface area contributed by atoms with Gasteiger partial charge in [-0.2, -0.15) is 0 Å². The summed E-state index contributed by atoms with van der Waals surface area (Å²) in [7, 11) is 0. The monoisotopic (exact) mass is 450 g/mol. The summed E-state index contributed by atoms with van der Waals surface area (Å²) >= 11 is 0. The molecule has 3 aliphatic rings. The first-order valence-electron chi connectivity index (χ1n) is 11.3. The molecule has 8 heteroatoms. The highest BCUT2D eigenvalue weighted by Crippen LogP contribution is 2.40. The Morgan fingerprint density at radius 3 is 2.50 bits per heavy atom. The molecule has 3 aliphatic heterocycles. The van der Waals surface area contributed by atoms with Crippen LogP contribution >= 0.6 is 0 Å². The first-order chi connectivity index (χ1) is 15.2. The molecule has 1 aromatic rings. The quantitative estimate of drug-likeness (QED) is 0.685. The van der Waals surface area contributed by atoms with Crippen molar-refractivity contribution in [2.24, 2.45) is 17.8 Å². The van der Waals surface area contributed by atoms with Crippen molar-refractivity contribution in [2.75, 3.05) is 13.2 Å². The molecule has 0 saturated carbocycles. The number of carbonyl (C=O) groups excluding carboxylic acids is 1. The summed E-state index contributed by atoms with van der Waals surface area (Å²) < 4.78 is 35.8. The van der Waals surface area contributed by atoms with Crippen molar-refractivity contribution in [3.63, 3.8) is 0 Å². The summed E-state index contributed by atoms with van der Waals surface area (Å²) in [6.07, 6.45) is -3.05. The Hall–Kier alpha value is -1.55. The van der Waals surface area contributed by atoms with Crippen LogP contribution in [0.4, 0.5) is 0 Å². The van der Waals surface area contributed by atoms with Gasteiger partial charge in [-0.1, -0.05) is 39.0 Å². The predicted molar refractivity (Wildman–Crippen MR) is 114 cm³/mol. The van der Waals surface area contributed by atoms with Crippen molar-refractivity contribution in [1.82, 2.24) is 0 Å². The summed E-state index contributed by atoms with van der Waals surface area (Å²) in [5, 5.41) is 10.5. The first kappa shape index (κ1) is 23.6. The number of hydrogen-bond acceptors (Lipinski definition) is 8. The average molecular weight is 451 g/mol. The van der Waals surface area contributed by atoms with Crippen LogP contribution < -0.4 is 0 Å². The Labute approximate surface area is 189 Å². The molecule has 9 atom stereocenters. The van der Waals surface area contributed by atoms with Crippen LogP contribution in [0.3, 0.4) is 0 Å². The number of aliphatic hydroxyl groups excluding tert-OH is 1. The third kappa shape index (κ3) is 4.85. The predicted octanol–water partition coefficient (Wildman–Crippen LogP) is 2.73. The third-order valence-electron chi connectivity index (χ3n) is 6.58. The highest BCUT2D eigenvalue weighted by atomic mass is 16.8. The Bertz CT molecular complexity index is 783. The van der Waals surface area contributed by atoms with Crippen molar-refractivity contribution < 1.29 is 38.3 Å². The smallest absolute Gasteiger partial charge is 0.338 e. The second kappa shape index (κ2) is 9.37. The summed E-state index contributed by atoms with van der Waals surface area (Å²) in [5.74, 6) is -1.42. The topological polar surface area (TPSA) is 92.7 Å². The van der Waals surface area contributed by atoms with E-state index in [0.717, 1.165) is 0 Å². The van der Waals surface area contributed by atoms with Gasteiger partial charge in [-0.05, 0) is 26.0 Å². The van der Waals surface area contributed by atoms with Crippen molar-refractivity contribution in [1.29, 1.82) is 0 Å². The molecule has 0 aliphatic carbocycles. The lowest BCUT2D eigenvalue weighted by atomic mass is 9.85. The molecule has 1 N–H and O–H groups in total. The maximum atomic E-state index is 12.3. The molecule has 178 valence electrons. The van der Waals surface area contributed by atoms with E-state index >= 15 is 0 Å². The maximum absolute atomic E-state index is 12.3. The van der Waals surface area contributed by atoms with E-state index in [1.165, 1.54) is 0 Å². The molecule has 0 spiro atoms. The van der Waals surface area contributed by atoms with Crippen LogP contribution in [-0.2, 0) is 28.4 Å². The Balaban J connectivity index is 1.42. The van der Waals surface area contributed by atoms with Gasteiger partial charge in [0.25, 0.3) is 0 Å². The van der Waals surface area contributed by atoms with Crippen LogP contribution in [0.25, 0.3) is 0 Å². The van der Waals surface area contributed by atoms with E-state index in [2.05, 4.69) is 6.92 Å². The van der Waals surface area contributed by atoms with Crippen molar-refractivity contribution >= 4 is 5.97 Å². The standard InChI is InChI=1S/C24H34O8/c1-13-11-28-23(20-18(13)31-24(4,5)32-20)30-19-14(2)17(29-21(25)15(19)3)12-27-22(26)16-9-7-6-8-10-16/h6-10,13-15,17-21,23,25H,11-12H2,1-5H3/t13-,14-,15?,17?,18+,19+,20?,21?,23-/m1/s1. The summed E-state index contributed by atoms with van der Waals surface area (Å²) in [6.45, 7) is 10.2. The minimum absolute atomic E-state index is 0.0137. The summed E-state index contributed by atoms with van der Waals surface area (Å²) in [4.78, 5) is 12.3. The van der Waals surface area contributed by atoms with Gasteiger partial charge in [0.05, 0.1) is 30.5 Å². The minimum atomic E-state index is -1.05. The number of aliphatic hydroxyl groups is 1. The van der Waals surface area contributed by atoms with Gasteiger partial charge in [-0.25, -0.2) is 4.79 Å². The van der Waals surface area contributed by atoms with Crippen LogP contribution in [0.5, 0.6) is 0 Å². The van der Waals surface area contributed by atoms with Gasteiger partial charge >= 0.3 is 5.97 Å². The number of esters is 1. The van der Waals surface area contributed by atoms with Gasteiger partial charge in [0.1, 0.15) is 12.7 Å². The van der Waals surface area contributed by atoms with E-state index in [9.17, 15) is 9.90 Å². The molecule has 0 bridgehead atoms. The Morgan fingerprint density at radius 1 is 1.09 bits per heavy atom. The molecule has 0 amide bonds. The normalized spacial score (nSPS) is 41.1. The molecular weight excluding hydrogens is 416 g/mol. The van der Waals surface area contributed by atoms with Gasteiger partial charge in [-0.3, -0.25) is 0 Å². The maximum Gasteiger partial charge on any atom is 0.338 e. The third-order valence-corrected chi connectivity index (χ3v) is 6.58. The molecule has 4 rings (SSSR count).